The van der Waals surface area contributed by atoms with Gasteiger partial charge >= 0.3 is 0 Å². The van der Waals surface area contributed by atoms with Crippen LogP contribution in [0.3, 0.4) is 0 Å². The summed E-state index contributed by atoms with van der Waals surface area (Å²) in [4.78, 5) is 12.7. The molecule has 0 fully saturated rings. The highest BCUT2D eigenvalue weighted by Crippen LogP contribution is 2.33. The Morgan fingerprint density at radius 3 is 2.30 bits per heavy atom. The zero-order valence-corrected chi connectivity index (χ0v) is 13.3. The van der Waals surface area contributed by atoms with Gasteiger partial charge in [-0.1, -0.05) is 12.1 Å². The number of aromatic hydroxyl groups is 1. The average Bonchev–Trinajstić information content (AvgIpc) is 2.71. The third-order valence-corrected chi connectivity index (χ3v) is 3.83. The third-order valence-electron chi connectivity index (χ3n) is 3.83. The molecule has 1 aromatic heterocycles. The molecule has 2 aromatic carbocycles. The van der Waals surface area contributed by atoms with E-state index in [1.165, 1.54) is 0 Å². The lowest BCUT2D eigenvalue weighted by atomic mass is 10.1. The number of benzene rings is 1. The summed E-state index contributed by atoms with van der Waals surface area (Å²) in [5, 5.41) is 10.7. The van der Waals surface area contributed by atoms with Crippen LogP contribution in [-0.2, 0) is 0 Å². The third kappa shape index (κ3) is 2.68. The average molecular weight is 310 g/mol. The van der Waals surface area contributed by atoms with E-state index in [-0.39, 0.29) is 11.2 Å². The molecule has 0 radical (unpaired) electrons. The summed E-state index contributed by atoms with van der Waals surface area (Å²) in [5.74, 6) is 2.08. The molecule has 1 heterocycles. The van der Waals surface area contributed by atoms with Gasteiger partial charge in [0.15, 0.2) is 5.43 Å². The van der Waals surface area contributed by atoms with Crippen molar-refractivity contribution >= 4 is 10.8 Å². The first kappa shape index (κ1) is 15.2. The van der Waals surface area contributed by atoms with Gasteiger partial charge in [-0.2, -0.15) is 0 Å². The molecule has 23 heavy (non-hydrogen) atoms. The molecule has 0 aliphatic heterocycles. The number of hydrogen-bond donors (Lipinski definition) is 1. The Balaban J connectivity index is 2.38. The summed E-state index contributed by atoms with van der Waals surface area (Å²) in [6.45, 7) is 6.01. The molecule has 0 atom stereocenters. The van der Waals surface area contributed by atoms with Crippen LogP contribution in [0, 0.1) is 13.8 Å². The lowest BCUT2D eigenvalue weighted by Gasteiger charge is -2.04. The molecule has 4 nitrogen and oxygen atoms in total. The fourth-order valence-electron chi connectivity index (χ4n) is 2.84. The normalized spacial score (nSPS) is 10.9. The Labute approximate surface area is 134 Å². The van der Waals surface area contributed by atoms with Crippen molar-refractivity contribution in [1.29, 1.82) is 0 Å². The maximum absolute atomic E-state index is 12.7. The van der Waals surface area contributed by atoms with E-state index in [1.54, 1.807) is 37.3 Å². The molecular formula is C19H18O4. The fraction of sp³-hybridized carbons (Fsp3) is 0.211. The summed E-state index contributed by atoms with van der Waals surface area (Å²) < 4.78 is 11.4. The molecule has 3 aromatic rings. The van der Waals surface area contributed by atoms with Crippen molar-refractivity contribution in [3.63, 3.8) is 0 Å². The Kier molecular flexibility index (Phi) is 3.82. The van der Waals surface area contributed by atoms with Gasteiger partial charge in [0.25, 0.3) is 0 Å². The van der Waals surface area contributed by atoms with Crippen LogP contribution in [0.15, 0.2) is 45.6 Å². The van der Waals surface area contributed by atoms with Crippen molar-refractivity contribution in [2.45, 2.75) is 20.8 Å². The molecule has 0 spiro atoms. The minimum atomic E-state index is -0.108. The number of furan rings is 1. The largest absolute Gasteiger partial charge is 0.508 e. The van der Waals surface area contributed by atoms with Crippen LogP contribution < -0.4 is 10.2 Å². The molecule has 0 aliphatic rings. The summed E-state index contributed by atoms with van der Waals surface area (Å²) in [7, 11) is 0. The first-order valence-electron chi connectivity index (χ1n) is 7.51. The molecular weight excluding hydrogens is 292 g/mol. The molecule has 0 amide bonds. The monoisotopic (exact) mass is 310 g/mol. The zero-order valence-electron chi connectivity index (χ0n) is 13.3. The van der Waals surface area contributed by atoms with Crippen molar-refractivity contribution < 1.29 is 14.3 Å². The molecule has 3 rings (SSSR count). The summed E-state index contributed by atoms with van der Waals surface area (Å²) in [6.07, 6.45) is 0. The van der Waals surface area contributed by atoms with Gasteiger partial charge in [-0.3, -0.25) is 4.79 Å². The predicted octanol–water partition coefficient (Wildman–Crippen LogP) is 4.18. The van der Waals surface area contributed by atoms with Gasteiger partial charge in [-0.15, -0.1) is 0 Å². The quantitative estimate of drug-likeness (QED) is 0.788. The summed E-state index contributed by atoms with van der Waals surface area (Å²) in [6, 6.07) is 10.2. The van der Waals surface area contributed by atoms with Gasteiger partial charge in [0, 0.05) is 0 Å². The topological polar surface area (TPSA) is 59.7 Å². The van der Waals surface area contributed by atoms with Crippen LogP contribution in [0.4, 0.5) is 0 Å². The van der Waals surface area contributed by atoms with Gasteiger partial charge in [0.2, 0.25) is 0 Å². The highest BCUT2D eigenvalue weighted by molar-refractivity contribution is 5.92. The highest BCUT2D eigenvalue weighted by atomic mass is 16.5. The Hall–Kier alpha value is -2.75. The second-order valence-electron chi connectivity index (χ2n) is 5.42. The van der Waals surface area contributed by atoms with Gasteiger partial charge < -0.3 is 14.3 Å². The molecule has 0 saturated carbocycles. The van der Waals surface area contributed by atoms with Crippen molar-refractivity contribution in [2.24, 2.45) is 0 Å². The van der Waals surface area contributed by atoms with Crippen LogP contribution in [-0.4, -0.2) is 11.7 Å². The second kappa shape index (κ2) is 5.80. The standard InChI is InChI=1S/C19H18O4/c1-4-22-17-10-14(13-5-7-15(20)8-6-13)9-16(21)18-11(2)23-12(3)19(17)18/h5-10,20H,4H2,1-3H3. The molecule has 0 bridgehead atoms. The lowest BCUT2D eigenvalue weighted by Crippen LogP contribution is -1.96. The van der Waals surface area contributed by atoms with Crippen LogP contribution >= 0.6 is 0 Å². The van der Waals surface area contributed by atoms with Crippen molar-refractivity contribution in [1.82, 2.24) is 0 Å². The molecule has 4 heteroatoms. The van der Waals surface area contributed by atoms with Gasteiger partial charge in [-0.05, 0) is 56.2 Å². The van der Waals surface area contributed by atoms with E-state index >= 15 is 0 Å². The van der Waals surface area contributed by atoms with E-state index in [4.69, 9.17) is 9.15 Å². The smallest absolute Gasteiger partial charge is 0.190 e. The number of aryl methyl sites for hydroxylation is 2. The number of ether oxygens (including phenoxy) is 1. The van der Waals surface area contributed by atoms with Gasteiger partial charge in [-0.25, -0.2) is 0 Å². The number of phenols is 1. The number of hydrogen-bond acceptors (Lipinski definition) is 4. The van der Waals surface area contributed by atoms with Crippen LogP contribution in [0.25, 0.3) is 21.9 Å². The van der Waals surface area contributed by atoms with Gasteiger partial charge in [0.05, 0.1) is 17.4 Å². The molecule has 0 aliphatic carbocycles. The maximum atomic E-state index is 12.7. The van der Waals surface area contributed by atoms with Crippen molar-refractivity contribution in [3.8, 4) is 22.6 Å². The predicted molar refractivity (Wildman–Crippen MR) is 90.2 cm³/mol. The lowest BCUT2D eigenvalue weighted by molar-refractivity contribution is 0.344. The Bertz CT molecular complexity index is 921. The van der Waals surface area contributed by atoms with E-state index in [2.05, 4.69) is 0 Å². The van der Waals surface area contributed by atoms with E-state index in [9.17, 15) is 9.90 Å². The fourth-order valence-corrected chi connectivity index (χ4v) is 2.84. The first-order chi connectivity index (χ1) is 11.0. The highest BCUT2D eigenvalue weighted by Gasteiger charge is 2.16. The number of phenolic OH excluding ortho intramolecular Hbond substituents is 1. The second-order valence-corrected chi connectivity index (χ2v) is 5.42. The number of fused-ring (bicyclic) bond motifs is 1. The minimum absolute atomic E-state index is 0.108. The van der Waals surface area contributed by atoms with E-state index < -0.39 is 0 Å². The van der Waals surface area contributed by atoms with Crippen LogP contribution in [0.1, 0.15) is 18.4 Å². The minimum Gasteiger partial charge on any atom is -0.508 e. The number of rotatable bonds is 3. The van der Waals surface area contributed by atoms with Crippen molar-refractivity contribution in [2.75, 3.05) is 6.61 Å². The van der Waals surface area contributed by atoms with Crippen LogP contribution in [0.5, 0.6) is 11.5 Å². The first-order valence-corrected chi connectivity index (χ1v) is 7.51. The van der Waals surface area contributed by atoms with Gasteiger partial charge in [0.1, 0.15) is 23.0 Å². The zero-order chi connectivity index (χ0) is 16.6. The molecule has 1 N–H and O–H groups in total. The van der Waals surface area contributed by atoms with Crippen molar-refractivity contribution in [3.05, 3.63) is 58.1 Å². The SMILES string of the molecule is CCOc1cc(-c2ccc(O)cc2)cc(=O)c2c(C)oc(C)c12. The molecule has 0 unspecified atom stereocenters. The summed E-state index contributed by atoms with van der Waals surface area (Å²) in [5.41, 5.74) is 1.47. The van der Waals surface area contributed by atoms with E-state index in [1.807, 2.05) is 19.9 Å². The Morgan fingerprint density at radius 1 is 1.00 bits per heavy atom. The Morgan fingerprint density at radius 2 is 1.65 bits per heavy atom. The maximum Gasteiger partial charge on any atom is 0.190 e. The molecule has 118 valence electrons. The van der Waals surface area contributed by atoms with E-state index in [0.29, 0.717) is 29.3 Å². The summed E-state index contributed by atoms with van der Waals surface area (Å²) >= 11 is 0. The molecule has 0 saturated heterocycles. The van der Waals surface area contributed by atoms with Crippen LogP contribution in [0.2, 0.25) is 0 Å². The van der Waals surface area contributed by atoms with E-state index in [0.717, 1.165) is 16.5 Å².